The number of carbonyl (C=O) groups is 1. The molecule has 1 rings (SSSR count). The highest BCUT2D eigenvalue weighted by atomic mass is 32.2. The molecule has 0 heterocycles. The molecule has 0 bridgehead atoms. The van der Waals surface area contributed by atoms with E-state index in [9.17, 15) is 13.2 Å². The van der Waals surface area contributed by atoms with Crippen molar-refractivity contribution in [2.45, 2.75) is 24.8 Å². The number of hydrogen-bond acceptors (Lipinski definition) is 4. The lowest BCUT2D eigenvalue weighted by atomic mass is 10.2. The molecule has 1 aromatic rings. The first kappa shape index (κ1) is 13.4. The second-order valence-electron chi connectivity index (χ2n) is 3.59. The van der Waals surface area contributed by atoms with E-state index in [0.717, 1.165) is 0 Å². The molecule has 6 heteroatoms. The molecule has 0 fully saturated rings. The van der Waals surface area contributed by atoms with Gasteiger partial charge in [0.1, 0.15) is 5.78 Å². The number of sulfonamides is 1. The molecule has 0 spiro atoms. The summed E-state index contributed by atoms with van der Waals surface area (Å²) in [4.78, 5) is 11.0. The van der Waals surface area contributed by atoms with Crippen LogP contribution in [0.3, 0.4) is 0 Å². The Morgan fingerprint density at radius 3 is 2.29 bits per heavy atom. The van der Waals surface area contributed by atoms with E-state index >= 15 is 0 Å². The fraction of sp³-hybridized carbons (Fsp3) is 0.273. The number of Topliss-reactive ketones (excluding diaryl/α,β-unsaturated/α-hetero) is 1. The molecule has 1 atom stereocenters. The van der Waals surface area contributed by atoms with Crippen LogP contribution in [0.5, 0.6) is 0 Å². The molecule has 0 saturated carbocycles. The minimum absolute atomic E-state index is 0.0320. The first-order chi connectivity index (χ1) is 7.86. The van der Waals surface area contributed by atoms with Crippen LogP contribution in [0.4, 0.5) is 0 Å². The van der Waals surface area contributed by atoms with E-state index in [4.69, 9.17) is 5.26 Å². The number of nitriles is 1. The Bertz CT molecular complexity index is 555. The van der Waals surface area contributed by atoms with Gasteiger partial charge >= 0.3 is 0 Å². The van der Waals surface area contributed by atoms with Crippen LogP contribution < -0.4 is 4.72 Å². The summed E-state index contributed by atoms with van der Waals surface area (Å²) in [7, 11) is -3.71. The summed E-state index contributed by atoms with van der Waals surface area (Å²) in [5.74, 6) is -0.262. The summed E-state index contributed by atoms with van der Waals surface area (Å²) in [6.45, 7) is 2.79. The molecule has 90 valence electrons. The van der Waals surface area contributed by atoms with Gasteiger partial charge in [-0.1, -0.05) is 0 Å². The highest BCUT2D eigenvalue weighted by Gasteiger charge is 2.19. The van der Waals surface area contributed by atoms with Gasteiger partial charge in [0.25, 0.3) is 0 Å². The fourth-order valence-corrected chi connectivity index (χ4v) is 2.35. The van der Waals surface area contributed by atoms with Gasteiger partial charge in [0.15, 0.2) is 0 Å². The second kappa shape index (κ2) is 5.08. The van der Waals surface area contributed by atoms with Gasteiger partial charge in [-0.3, -0.25) is 4.79 Å². The highest BCUT2D eigenvalue weighted by molar-refractivity contribution is 7.89. The number of hydrogen-bond donors (Lipinski definition) is 1. The number of ketones is 1. The first-order valence-corrected chi connectivity index (χ1v) is 6.38. The Labute approximate surface area is 100 Å². The molecule has 17 heavy (non-hydrogen) atoms. The van der Waals surface area contributed by atoms with Crippen LogP contribution in [0.15, 0.2) is 29.2 Å². The Hall–Kier alpha value is -1.71. The topological polar surface area (TPSA) is 87.0 Å². The Morgan fingerprint density at radius 1 is 1.35 bits per heavy atom. The number of benzene rings is 1. The van der Waals surface area contributed by atoms with E-state index in [0.29, 0.717) is 5.56 Å². The van der Waals surface area contributed by atoms with Crippen LogP contribution in [0.25, 0.3) is 0 Å². The van der Waals surface area contributed by atoms with Gasteiger partial charge in [-0.2, -0.15) is 5.26 Å². The molecule has 0 radical (unpaired) electrons. The molecule has 1 unspecified atom stereocenters. The quantitative estimate of drug-likeness (QED) is 0.859. The van der Waals surface area contributed by atoms with Gasteiger partial charge in [0, 0.05) is 0 Å². The molecule has 5 nitrogen and oxygen atoms in total. The molecule has 0 saturated heterocycles. The van der Waals surface area contributed by atoms with Gasteiger partial charge < -0.3 is 0 Å². The smallest absolute Gasteiger partial charge is 0.241 e. The lowest BCUT2D eigenvalue weighted by Gasteiger charge is -2.11. The maximum atomic E-state index is 11.8. The van der Waals surface area contributed by atoms with Crippen LogP contribution in [0.2, 0.25) is 0 Å². The molecule has 0 amide bonds. The predicted octanol–water partition coefficient (Wildman–Crippen LogP) is 0.814. The average Bonchev–Trinajstić information content (AvgIpc) is 2.28. The lowest BCUT2D eigenvalue weighted by molar-refractivity contribution is -0.118. The zero-order valence-electron chi connectivity index (χ0n) is 9.47. The molecule has 1 aromatic carbocycles. The maximum absolute atomic E-state index is 11.8. The molecule has 0 aromatic heterocycles. The van der Waals surface area contributed by atoms with Crippen molar-refractivity contribution in [3.05, 3.63) is 29.8 Å². The summed E-state index contributed by atoms with van der Waals surface area (Å²) < 4.78 is 25.9. The Morgan fingerprint density at radius 2 is 1.88 bits per heavy atom. The molecular weight excluding hydrogens is 240 g/mol. The summed E-state index contributed by atoms with van der Waals surface area (Å²) >= 11 is 0. The number of carbonyl (C=O) groups excluding carboxylic acids is 1. The standard InChI is InChI=1S/C11H12N2O3S/c1-8(9(2)14)13-17(15,16)11-5-3-10(7-12)4-6-11/h3-6,8,13H,1-2H3. The molecule has 0 aliphatic heterocycles. The lowest BCUT2D eigenvalue weighted by Crippen LogP contribution is -2.37. The first-order valence-electron chi connectivity index (χ1n) is 4.90. The monoisotopic (exact) mass is 252 g/mol. The molecular formula is C11H12N2O3S. The molecule has 1 N–H and O–H groups in total. The fourth-order valence-electron chi connectivity index (χ4n) is 1.09. The highest BCUT2D eigenvalue weighted by Crippen LogP contribution is 2.10. The third kappa shape index (κ3) is 3.37. The van der Waals surface area contributed by atoms with E-state index in [1.54, 1.807) is 0 Å². The Balaban J connectivity index is 2.98. The average molecular weight is 252 g/mol. The second-order valence-corrected chi connectivity index (χ2v) is 5.30. The van der Waals surface area contributed by atoms with E-state index < -0.39 is 16.1 Å². The van der Waals surface area contributed by atoms with Crippen LogP contribution in [-0.2, 0) is 14.8 Å². The van der Waals surface area contributed by atoms with Crippen molar-refractivity contribution in [1.29, 1.82) is 5.26 Å². The normalized spacial score (nSPS) is 12.8. The minimum Gasteiger partial charge on any atom is -0.298 e. The van der Waals surface area contributed by atoms with E-state index in [2.05, 4.69) is 4.72 Å². The molecule has 0 aliphatic carbocycles. The number of nitrogens with zero attached hydrogens (tertiary/aromatic N) is 1. The van der Waals surface area contributed by atoms with E-state index in [1.165, 1.54) is 38.1 Å². The van der Waals surface area contributed by atoms with Crippen LogP contribution in [0.1, 0.15) is 19.4 Å². The summed E-state index contributed by atoms with van der Waals surface area (Å²) in [5, 5.41) is 8.59. The van der Waals surface area contributed by atoms with Gasteiger partial charge in [0.05, 0.1) is 22.6 Å². The summed E-state index contributed by atoms with van der Waals surface area (Å²) in [6, 6.07) is 6.60. The zero-order chi connectivity index (χ0) is 13.1. The van der Waals surface area contributed by atoms with Crippen LogP contribution in [-0.4, -0.2) is 20.2 Å². The summed E-state index contributed by atoms with van der Waals surface area (Å²) in [5.41, 5.74) is 0.378. The van der Waals surface area contributed by atoms with Crippen molar-refractivity contribution in [3.8, 4) is 6.07 Å². The summed E-state index contributed by atoms with van der Waals surface area (Å²) in [6.07, 6.45) is 0. The van der Waals surface area contributed by atoms with Crippen molar-refractivity contribution in [3.63, 3.8) is 0 Å². The van der Waals surface area contributed by atoms with Gasteiger partial charge in [0.2, 0.25) is 10.0 Å². The third-order valence-electron chi connectivity index (χ3n) is 2.24. The number of nitrogens with one attached hydrogen (secondary N) is 1. The van der Waals surface area contributed by atoms with E-state index in [1.807, 2.05) is 6.07 Å². The van der Waals surface area contributed by atoms with Crippen molar-refractivity contribution in [1.82, 2.24) is 4.72 Å². The largest absolute Gasteiger partial charge is 0.298 e. The van der Waals surface area contributed by atoms with Gasteiger partial charge in [-0.05, 0) is 38.1 Å². The van der Waals surface area contributed by atoms with Crippen molar-refractivity contribution in [2.75, 3.05) is 0 Å². The predicted molar refractivity (Wildman–Crippen MR) is 61.6 cm³/mol. The maximum Gasteiger partial charge on any atom is 0.241 e. The minimum atomic E-state index is -3.71. The van der Waals surface area contributed by atoms with Crippen molar-refractivity contribution < 1.29 is 13.2 Å². The van der Waals surface area contributed by atoms with Crippen LogP contribution in [0, 0.1) is 11.3 Å². The number of rotatable bonds is 4. The van der Waals surface area contributed by atoms with Crippen molar-refractivity contribution >= 4 is 15.8 Å². The zero-order valence-corrected chi connectivity index (χ0v) is 10.3. The third-order valence-corrected chi connectivity index (χ3v) is 3.79. The van der Waals surface area contributed by atoms with Gasteiger partial charge in [-0.25, -0.2) is 13.1 Å². The Kier molecular flexibility index (Phi) is 3.99. The van der Waals surface area contributed by atoms with E-state index in [-0.39, 0.29) is 10.7 Å². The van der Waals surface area contributed by atoms with Crippen LogP contribution >= 0.6 is 0 Å². The molecule has 0 aliphatic rings. The van der Waals surface area contributed by atoms with Gasteiger partial charge in [-0.15, -0.1) is 0 Å². The SMILES string of the molecule is CC(=O)C(C)NS(=O)(=O)c1ccc(C#N)cc1. The van der Waals surface area contributed by atoms with Crippen molar-refractivity contribution in [2.24, 2.45) is 0 Å².